The minimum Gasteiger partial charge on any atom is -0.459 e. The van der Waals surface area contributed by atoms with Crippen LogP contribution in [0.5, 0.6) is 0 Å². The summed E-state index contributed by atoms with van der Waals surface area (Å²) < 4.78 is 5.18. The van der Waals surface area contributed by atoms with Gasteiger partial charge < -0.3 is 10.1 Å². The monoisotopic (exact) mass is 264 g/mol. The zero-order valence-corrected chi connectivity index (χ0v) is 12.0. The summed E-state index contributed by atoms with van der Waals surface area (Å²) in [6, 6.07) is 0. The predicted octanol–water partition coefficient (Wildman–Crippen LogP) is 2.17. The summed E-state index contributed by atoms with van der Waals surface area (Å²) in [7, 11) is 0. The van der Waals surface area contributed by atoms with Crippen LogP contribution < -0.4 is 5.32 Å². The Morgan fingerprint density at radius 1 is 1.42 bits per heavy atom. The maximum absolute atomic E-state index is 11.8. The van der Waals surface area contributed by atoms with Crippen molar-refractivity contribution in [2.45, 2.75) is 39.7 Å². The van der Waals surface area contributed by atoms with Crippen molar-refractivity contribution in [1.29, 1.82) is 0 Å². The summed E-state index contributed by atoms with van der Waals surface area (Å²) in [4.78, 5) is 23.6. The van der Waals surface area contributed by atoms with Gasteiger partial charge in [-0.15, -0.1) is 0 Å². The fourth-order valence-corrected chi connectivity index (χ4v) is 1.53. The number of nitrogens with one attached hydrogen (secondary N) is 1. The molecule has 0 unspecified atom stereocenters. The van der Waals surface area contributed by atoms with E-state index in [-0.39, 0.29) is 5.91 Å². The number of hydrogen-bond donors (Lipinski definition) is 1. The Hall–Kier alpha value is -1.58. The summed E-state index contributed by atoms with van der Waals surface area (Å²) in [5, 5.41) is 2.74. The van der Waals surface area contributed by atoms with E-state index in [9.17, 15) is 9.59 Å². The second-order valence-electron chi connectivity index (χ2n) is 5.59. The van der Waals surface area contributed by atoms with Gasteiger partial charge in [-0.05, 0) is 46.1 Å². The lowest BCUT2D eigenvalue weighted by Gasteiger charge is -2.22. The first kappa shape index (κ1) is 15.5. The lowest BCUT2D eigenvalue weighted by molar-refractivity contribution is -0.161. The zero-order valence-electron chi connectivity index (χ0n) is 12.0. The highest BCUT2D eigenvalue weighted by Crippen LogP contribution is 2.12. The van der Waals surface area contributed by atoms with Crippen LogP contribution in [0.25, 0.3) is 0 Å². The number of allylic oxidation sites excluding steroid dienone is 2. The van der Waals surface area contributed by atoms with Crippen molar-refractivity contribution in [3.63, 3.8) is 0 Å². The Bertz CT molecular complexity index is 402. The first-order chi connectivity index (χ1) is 8.79. The molecule has 0 heterocycles. The number of hydrogen-bond acceptors (Lipinski definition) is 3. The summed E-state index contributed by atoms with van der Waals surface area (Å²) in [5.74, 6) is -1.60. The van der Waals surface area contributed by atoms with Crippen LogP contribution in [-0.4, -0.2) is 24.0 Å². The molecule has 0 spiro atoms. The molecule has 0 aliphatic heterocycles. The van der Waals surface area contributed by atoms with Crippen LogP contribution in [0.2, 0.25) is 0 Å². The molecular weight excluding hydrogens is 242 g/mol. The molecule has 1 aliphatic rings. The van der Waals surface area contributed by atoms with Crippen molar-refractivity contribution in [3.05, 3.63) is 30.2 Å². The molecule has 19 heavy (non-hydrogen) atoms. The fraction of sp³-hybridized carbons (Fsp3) is 0.533. The highest BCUT2D eigenvalue weighted by atomic mass is 16.6. The molecule has 105 valence electrons. The van der Waals surface area contributed by atoms with Gasteiger partial charge in [0.05, 0.1) is 0 Å². The van der Waals surface area contributed by atoms with Crippen LogP contribution in [0.3, 0.4) is 0 Å². The normalized spacial score (nSPS) is 16.5. The Morgan fingerprint density at radius 2 is 2.11 bits per heavy atom. The van der Waals surface area contributed by atoms with Crippen molar-refractivity contribution in [3.8, 4) is 0 Å². The third kappa shape index (κ3) is 5.73. The number of esters is 1. The fourth-order valence-electron chi connectivity index (χ4n) is 1.53. The van der Waals surface area contributed by atoms with Gasteiger partial charge in [-0.25, -0.2) is 0 Å². The second kappa shape index (κ2) is 6.55. The second-order valence-corrected chi connectivity index (χ2v) is 5.59. The molecule has 0 saturated heterocycles. The number of carbonyl (C=O) groups is 2. The predicted molar refractivity (Wildman–Crippen MR) is 74.2 cm³/mol. The molecule has 1 N–H and O–H groups in total. The average Bonchev–Trinajstić information content (AvgIpc) is 2.34. The van der Waals surface area contributed by atoms with Crippen molar-refractivity contribution in [1.82, 2.24) is 5.32 Å². The third-order valence-electron chi connectivity index (χ3n) is 2.56. The van der Waals surface area contributed by atoms with E-state index in [0.29, 0.717) is 6.54 Å². The molecule has 0 saturated carbocycles. The van der Waals surface area contributed by atoms with Gasteiger partial charge in [-0.3, -0.25) is 9.59 Å². The highest BCUT2D eigenvalue weighted by molar-refractivity contribution is 5.97. The van der Waals surface area contributed by atoms with E-state index in [0.717, 1.165) is 12.0 Å². The quantitative estimate of drug-likeness (QED) is 0.625. The summed E-state index contributed by atoms with van der Waals surface area (Å²) in [6.07, 6.45) is 8.92. The first-order valence-corrected chi connectivity index (χ1v) is 6.49. The first-order valence-electron chi connectivity index (χ1n) is 6.49. The van der Waals surface area contributed by atoms with E-state index < -0.39 is 17.5 Å². The Labute approximate surface area is 114 Å². The zero-order chi connectivity index (χ0) is 14.5. The van der Waals surface area contributed by atoms with E-state index in [1.165, 1.54) is 0 Å². The topological polar surface area (TPSA) is 55.4 Å². The van der Waals surface area contributed by atoms with Gasteiger partial charge in [0.25, 0.3) is 0 Å². The van der Waals surface area contributed by atoms with Crippen molar-refractivity contribution < 1.29 is 14.3 Å². The molecule has 0 aromatic heterocycles. The van der Waals surface area contributed by atoms with Crippen LogP contribution in [0, 0.1) is 12.3 Å². The highest BCUT2D eigenvalue weighted by Gasteiger charge is 2.26. The van der Waals surface area contributed by atoms with Crippen molar-refractivity contribution in [2.75, 3.05) is 6.54 Å². The van der Waals surface area contributed by atoms with Crippen LogP contribution in [0.15, 0.2) is 23.8 Å². The number of rotatable bonds is 4. The van der Waals surface area contributed by atoms with Crippen molar-refractivity contribution >= 4 is 11.9 Å². The van der Waals surface area contributed by atoms with Crippen LogP contribution in [-0.2, 0) is 14.3 Å². The third-order valence-corrected chi connectivity index (χ3v) is 2.56. The van der Waals surface area contributed by atoms with Gasteiger partial charge in [0, 0.05) is 6.54 Å². The van der Waals surface area contributed by atoms with Crippen LogP contribution in [0.1, 0.15) is 34.1 Å². The molecule has 1 radical (unpaired) electrons. The lowest BCUT2D eigenvalue weighted by Crippen LogP contribution is -2.38. The van der Waals surface area contributed by atoms with Gasteiger partial charge in [0.2, 0.25) is 5.91 Å². The van der Waals surface area contributed by atoms with E-state index in [1.807, 2.05) is 24.6 Å². The largest absolute Gasteiger partial charge is 0.459 e. The Kier molecular flexibility index (Phi) is 5.33. The van der Waals surface area contributed by atoms with E-state index >= 15 is 0 Å². The number of ether oxygens (including phenoxy) is 1. The van der Waals surface area contributed by atoms with Gasteiger partial charge in [-0.2, -0.15) is 0 Å². The van der Waals surface area contributed by atoms with Gasteiger partial charge >= 0.3 is 5.97 Å². The maximum atomic E-state index is 11.8. The molecule has 0 aromatic rings. The number of carbonyl (C=O) groups excluding carboxylic acids is 2. The molecule has 1 amide bonds. The summed E-state index contributed by atoms with van der Waals surface area (Å²) >= 11 is 0. The molecule has 1 rings (SSSR count). The molecule has 1 aliphatic carbocycles. The van der Waals surface area contributed by atoms with Crippen LogP contribution >= 0.6 is 0 Å². The average molecular weight is 264 g/mol. The molecule has 0 bridgehead atoms. The molecule has 0 fully saturated rings. The Balaban J connectivity index is 2.42. The van der Waals surface area contributed by atoms with Gasteiger partial charge in [0.1, 0.15) is 11.5 Å². The van der Waals surface area contributed by atoms with Gasteiger partial charge in [-0.1, -0.05) is 18.2 Å². The standard InChI is InChI=1S/C15H22NO3/c1-11(14(18)19-15(2,3)4)13(17)16-10-12-8-6-5-7-9-12/h6-9,11H,5,10H2,1-4H3,(H,16,17)/t11-/m0/s1. The lowest BCUT2D eigenvalue weighted by atomic mass is 10.1. The molecular formula is C15H22NO3. The summed E-state index contributed by atoms with van der Waals surface area (Å²) in [6.45, 7) is 7.33. The van der Waals surface area contributed by atoms with Gasteiger partial charge in [0.15, 0.2) is 0 Å². The SMILES string of the molecule is C[C@@H](C(=O)NCC1=C[CH]CC=C1)C(=O)OC(C)(C)C. The van der Waals surface area contributed by atoms with Crippen molar-refractivity contribution in [2.24, 2.45) is 5.92 Å². The molecule has 4 nitrogen and oxygen atoms in total. The minimum absolute atomic E-state index is 0.311. The van der Waals surface area contributed by atoms with E-state index in [1.54, 1.807) is 27.7 Å². The van der Waals surface area contributed by atoms with Crippen LogP contribution in [0.4, 0.5) is 0 Å². The van der Waals surface area contributed by atoms with E-state index in [4.69, 9.17) is 4.74 Å². The summed E-state index contributed by atoms with van der Waals surface area (Å²) in [5.41, 5.74) is 0.450. The number of amides is 1. The molecule has 4 heteroatoms. The minimum atomic E-state index is -0.795. The maximum Gasteiger partial charge on any atom is 0.318 e. The Morgan fingerprint density at radius 3 is 2.63 bits per heavy atom. The smallest absolute Gasteiger partial charge is 0.318 e. The molecule has 1 atom stereocenters. The van der Waals surface area contributed by atoms with E-state index in [2.05, 4.69) is 5.32 Å². The molecule has 0 aromatic carbocycles.